The van der Waals surface area contributed by atoms with E-state index in [1.165, 1.54) is 17.4 Å². The molecule has 2 N–H and O–H groups in total. The molecule has 0 bridgehead atoms. The van der Waals surface area contributed by atoms with Gasteiger partial charge in [-0.1, -0.05) is 50.1 Å². The van der Waals surface area contributed by atoms with Crippen molar-refractivity contribution in [2.75, 3.05) is 25.0 Å². The predicted molar refractivity (Wildman–Crippen MR) is 143 cm³/mol. The molecule has 6 nitrogen and oxygen atoms in total. The van der Waals surface area contributed by atoms with E-state index in [1.54, 1.807) is 35.7 Å². The van der Waals surface area contributed by atoms with Crippen molar-refractivity contribution in [1.29, 1.82) is 0 Å². The summed E-state index contributed by atoms with van der Waals surface area (Å²) in [6, 6.07) is 11.8. The van der Waals surface area contributed by atoms with Gasteiger partial charge in [0.25, 0.3) is 5.91 Å². The van der Waals surface area contributed by atoms with Gasteiger partial charge in [-0.15, -0.1) is 11.3 Å². The van der Waals surface area contributed by atoms with Gasteiger partial charge in [-0.3, -0.25) is 4.79 Å². The number of halogens is 3. The number of alkyl halides is 3. The summed E-state index contributed by atoms with van der Waals surface area (Å²) < 4.78 is 39.6. The first-order chi connectivity index (χ1) is 18.3. The Labute approximate surface area is 224 Å². The second-order valence-electron chi connectivity index (χ2n) is 9.35. The molecule has 0 aliphatic carbocycles. The molecule has 1 fully saturated rings. The van der Waals surface area contributed by atoms with Crippen LogP contribution in [-0.4, -0.2) is 41.5 Å². The van der Waals surface area contributed by atoms with Crippen LogP contribution in [0.15, 0.2) is 53.9 Å². The summed E-state index contributed by atoms with van der Waals surface area (Å²) in [5.74, 6) is -0.251. The molecule has 1 saturated heterocycles. The number of carbonyl (C=O) groups excluding carboxylic acids is 2. The maximum absolute atomic E-state index is 13.2. The van der Waals surface area contributed by atoms with Crippen LogP contribution in [0.2, 0.25) is 0 Å². The number of benzene rings is 2. The number of rotatable bonds is 8. The third-order valence-electron chi connectivity index (χ3n) is 6.62. The minimum Gasteiger partial charge on any atom is -0.338 e. The van der Waals surface area contributed by atoms with Crippen LogP contribution in [-0.2, 0) is 6.18 Å². The van der Waals surface area contributed by atoms with E-state index in [-0.39, 0.29) is 17.6 Å². The molecular formula is C28H31F3N4O2S. The minimum absolute atomic E-state index is 0.0294. The SMILES string of the molecule is CCCCCNC(=O)N1CCC(c2nc(C(=O)Nc3ccccc3-c3cccc(C(F)(F)F)c3)cs2)CC1. The van der Waals surface area contributed by atoms with Crippen LogP contribution in [0.3, 0.4) is 0 Å². The summed E-state index contributed by atoms with van der Waals surface area (Å²) in [4.78, 5) is 31.7. The lowest BCUT2D eigenvalue weighted by Crippen LogP contribution is -2.44. The largest absolute Gasteiger partial charge is 0.416 e. The molecular weight excluding hydrogens is 513 g/mol. The number of aromatic nitrogens is 1. The van der Waals surface area contributed by atoms with Gasteiger partial charge in [0.1, 0.15) is 5.69 Å². The predicted octanol–water partition coefficient (Wildman–Crippen LogP) is 7.16. The number of anilines is 1. The van der Waals surface area contributed by atoms with E-state index in [1.807, 2.05) is 4.90 Å². The molecule has 0 atom stereocenters. The third kappa shape index (κ3) is 6.92. The van der Waals surface area contributed by atoms with E-state index >= 15 is 0 Å². The van der Waals surface area contributed by atoms with Crippen LogP contribution in [0.4, 0.5) is 23.7 Å². The Kier molecular flexibility index (Phi) is 9.04. The Bertz CT molecular complexity index is 1250. The van der Waals surface area contributed by atoms with Crippen LogP contribution in [0.25, 0.3) is 11.1 Å². The normalized spacial score (nSPS) is 14.4. The average Bonchev–Trinajstić information content (AvgIpc) is 3.42. The van der Waals surface area contributed by atoms with Crippen molar-refractivity contribution in [3.63, 3.8) is 0 Å². The zero-order valence-corrected chi connectivity index (χ0v) is 22.0. The summed E-state index contributed by atoms with van der Waals surface area (Å²) in [5, 5.41) is 8.34. The van der Waals surface area contributed by atoms with Crippen molar-refractivity contribution in [2.24, 2.45) is 0 Å². The number of thiazole rings is 1. The van der Waals surface area contributed by atoms with Gasteiger partial charge in [0, 0.05) is 42.2 Å². The Morgan fingerprint density at radius 3 is 2.58 bits per heavy atom. The van der Waals surface area contributed by atoms with Crippen LogP contribution in [0.1, 0.15) is 66.0 Å². The van der Waals surface area contributed by atoms with Gasteiger partial charge in [0.05, 0.1) is 10.6 Å². The molecule has 2 aromatic carbocycles. The topological polar surface area (TPSA) is 74.3 Å². The maximum atomic E-state index is 13.2. The van der Waals surface area contributed by atoms with Crippen LogP contribution < -0.4 is 10.6 Å². The molecule has 0 radical (unpaired) electrons. The van der Waals surface area contributed by atoms with Gasteiger partial charge in [-0.05, 0) is 43.0 Å². The number of nitrogens with one attached hydrogen (secondary N) is 2. The summed E-state index contributed by atoms with van der Waals surface area (Å²) in [6.45, 7) is 4.08. The number of hydrogen-bond acceptors (Lipinski definition) is 4. The number of amides is 3. The Morgan fingerprint density at radius 1 is 1.08 bits per heavy atom. The lowest BCUT2D eigenvalue weighted by atomic mass is 9.98. The number of unbranched alkanes of at least 4 members (excludes halogenated alkanes) is 2. The van der Waals surface area contributed by atoms with Gasteiger partial charge in [-0.2, -0.15) is 13.2 Å². The van der Waals surface area contributed by atoms with Crippen molar-refractivity contribution in [3.8, 4) is 11.1 Å². The number of likely N-dealkylation sites (tertiary alicyclic amines) is 1. The summed E-state index contributed by atoms with van der Waals surface area (Å²) in [6.07, 6.45) is 0.272. The molecule has 0 spiro atoms. The lowest BCUT2D eigenvalue weighted by Gasteiger charge is -2.31. The minimum atomic E-state index is -4.46. The Morgan fingerprint density at radius 2 is 1.84 bits per heavy atom. The van der Waals surface area contributed by atoms with E-state index in [0.717, 1.165) is 49.2 Å². The standard InChI is InChI=1S/C28H31F3N4O2S/c1-2-3-6-14-32-27(37)35-15-12-19(13-16-35)26-34-24(18-38-26)25(36)33-23-11-5-4-10-22(23)20-8-7-9-21(17-20)28(29,30)31/h4-5,7-11,17-19H,2-3,6,12-16H2,1H3,(H,32,37)(H,33,36). The van der Waals surface area contributed by atoms with Crippen molar-refractivity contribution >= 4 is 29.0 Å². The summed E-state index contributed by atoms with van der Waals surface area (Å²) >= 11 is 1.41. The van der Waals surface area contributed by atoms with Gasteiger partial charge in [0.15, 0.2) is 0 Å². The smallest absolute Gasteiger partial charge is 0.338 e. The zero-order chi connectivity index (χ0) is 27.1. The Hall–Kier alpha value is -3.40. The number of nitrogens with zero attached hydrogens (tertiary/aromatic N) is 2. The van der Waals surface area contributed by atoms with E-state index in [9.17, 15) is 22.8 Å². The lowest BCUT2D eigenvalue weighted by molar-refractivity contribution is -0.137. The van der Waals surface area contributed by atoms with Gasteiger partial charge >= 0.3 is 12.2 Å². The highest BCUT2D eigenvalue weighted by Crippen LogP contribution is 2.35. The van der Waals surface area contributed by atoms with Crippen molar-refractivity contribution in [1.82, 2.24) is 15.2 Å². The molecule has 1 aliphatic rings. The van der Waals surface area contributed by atoms with Crippen LogP contribution in [0, 0.1) is 0 Å². The number of piperidine rings is 1. The quantitative estimate of drug-likeness (QED) is 0.296. The van der Waals surface area contributed by atoms with Crippen molar-refractivity contribution < 1.29 is 22.8 Å². The van der Waals surface area contributed by atoms with Gasteiger partial charge in [-0.25, -0.2) is 9.78 Å². The first-order valence-corrected chi connectivity index (χ1v) is 13.7. The fourth-order valence-electron chi connectivity index (χ4n) is 4.48. The molecule has 10 heteroatoms. The van der Waals surface area contributed by atoms with E-state index in [4.69, 9.17) is 0 Å². The molecule has 202 valence electrons. The first-order valence-electron chi connectivity index (χ1n) is 12.8. The average molecular weight is 545 g/mol. The van der Waals surface area contributed by atoms with Gasteiger partial charge in [0.2, 0.25) is 0 Å². The highest BCUT2D eigenvalue weighted by molar-refractivity contribution is 7.10. The van der Waals surface area contributed by atoms with Gasteiger partial charge < -0.3 is 15.5 Å². The summed E-state index contributed by atoms with van der Waals surface area (Å²) in [5.41, 5.74) is 0.767. The maximum Gasteiger partial charge on any atom is 0.416 e. The van der Waals surface area contributed by atoms with E-state index in [2.05, 4.69) is 22.5 Å². The first kappa shape index (κ1) is 27.6. The van der Waals surface area contributed by atoms with E-state index < -0.39 is 17.6 Å². The zero-order valence-electron chi connectivity index (χ0n) is 21.2. The monoisotopic (exact) mass is 544 g/mol. The number of para-hydroxylation sites is 1. The molecule has 3 aromatic rings. The summed E-state index contributed by atoms with van der Waals surface area (Å²) in [7, 11) is 0. The molecule has 2 heterocycles. The molecule has 1 aromatic heterocycles. The van der Waals surface area contributed by atoms with Crippen molar-refractivity contribution in [2.45, 2.75) is 51.1 Å². The molecule has 0 saturated carbocycles. The molecule has 4 rings (SSSR count). The highest BCUT2D eigenvalue weighted by Gasteiger charge is 2.31. The molecule has 38 heavy (non-hydrogen) atoms. The van der Waals surface area contributed by atoms with Crippen LogP contribution in [0.5, 0.6) is 0 Å². The molecule has 1 aliphatic heterocycles. The Balaban J connectivity index is 1.38. The molecule has 0 unspecified atom stereocenters. The number of urea groups is 1. The molecule has 3 amide bonds. The van der Waals surface area contributed by atoms with Crippen molar-refractivity contribution in [3.05, 3.63) is 70.2 Å². The number of hydrogen-bond donors (Lipinski definition) is 2. The second-order valence-corrected chi connectivity index (χ2v) is 10.2. The number of carbonyl (C=O) groups is 2. The second kappa shape index (κ2) is 12.4. The fraction of sp³-hybridized carbons (Fsp3) is 0.393. The highest BCUT2D eigenvalue weighted by atomic mass is 32.1. The van der Waals surface area contributed by atoms with E-state index in [0.29, 0.717) is 36.4 Å². The van der Waals surface area contributed by atoms with Crippen LogP contribution >= 0.6 is 11.3 Å². The third-order valence-corrected chi connectivity index (χ3v) is 7.63. The fourth-order valence-corrected chi connectivity index (χ4v) is 5.46.